The number of ether oxygens (including phenoxy) is 1. The number of nitrogen functional groups attached to an aromatic ring is 1. The molecule has 0 aliphatic carbocycles. The molecular weight excluding hydrogens is 476 g/mol. The molecule has 3 rings (SSSR count). The van der Waals surface area contributed by atoms with Crippen LogP contribution < -0.4 is 26.6 Å². The van der Waals surface area contributed by atoms with Crippen molar-refractivity contribution >= 4 is 28.9 Å². The van der Waals surface area contributed by atoms with Gasteiger partial charge in [0, 0.05) is 23.9 Å². The minimum Gasteiger partial charge on any atom is -0.456 e. The van der Waals surface area contributed by atoms with Gasteiger partial charge in [-0.3, -0.25) is 9.59 Å². The molecule has 7 nitrogen and oxygen atoms in total. The number of anilines is 3. The molecule has 2 amide bonds. The van der Waals surface area contributed by atoms with Gasteiger partial charge in [0.1, 0.15) is 11.5 Å². The molecule has 0 radical (unpaired) electrons. The van der Waals surface area contributed by atoms with Gasteiger partial charge in [-0.2, -0.15) is 0 Å². The smallest absolute Gasteiger partial charge is 0.259 e. The number of carbonyl (C=O) groups excluding carboxylic acids is 2. The van der Waals surface area contributed by atoms with Crippen molar-refractivity contribution in [2.75, 3.05) is 16.1 Å². The fourth-order valence-corrected chi connectivity index (χ4v) is 3.98. The zero-order chi connectivity index (χ0) is 28.3. The molecule has 5 N–H and O–H groups in total. The molecule has 0 aliphatic heterocycles. The number of amides is 2. The SMILES string of the molecule is CCC(C)(C)c1ccc(Oc2ccc(N)cc2C(=O)Nc2ccc(N(N)C(C)=O)cc2)c(C(C)(C)CC)c1. The maximum Gasteiger partial charge on any atom is 0.259 e. The number of nitrogens with two attached hydrogens (primary N) is 2. The summed E-state index contributed by atoms with van der Waals surface area (Å²) in [6.07, 6.45) is 1.94. The van der Waals surface area contributed by atoms with Gasteiger partial charge in [-0.15, -0.1) is 0 Å². The number of hydrazine groups is 1. The Kier molecular flexibility index (Phi) is 8.52. The van der Waals surface area contributed by atoms with E-state index in [1.807, 2.05) is 6.07 Å². The van der Waals surface area contributed by atoms with Gasteiger partial charge in [0.25, 0.3) is 5.91 Å². The first-order valence-corrected chi connectivity index (χ1v) is 13.0. The van der Waals surface area contributed by atoms with Crippen LogP contribution in [0.25, 0.3) is 0 Å². The van der Waals surface area contributed by atoms with Crippen LogP contribution in [-0.4, -0.2) is 11.8 Å². The molecule has 3 aromatic rings. The topological polar surface area (TPSA) is 111 Å². The number of carbonyl (C=O) groups is 2. The van der Waals surface area contributed by atoms with E-state index in [4.69, 9.17) is 16.3 Å². The number of rotatable bonds is 9. The van der Waals surface area contributed by atoms with Crippen LogP contribution in [0, 0.1) is 0 Å². The van der Waals surface area contributed by atoms with Crippen LogP contribution in [-0.2, 0) is 15.6 Å². The summed E-state index contributed by atoms with van der Waals surface area (Å²) in [7, 11) is 0. The van der Waals surface area contributed by atoms with Crippen LogP contribution in [0.4, 0.5) is 17.1 Å². The molecule has 0 atom stereocenters. The van der Waals surface area contributed by atoms with Crippen molar-refractivity contribution in [2.45, 2.75) is 72.1 Å². The van der Waals surface area contributed by atoms with E-state index in [2.05, 4.69) is 59.0 Å². The van der Waals surface area contributed by atoms with Crippen molar-refractivity contribution in [1.29, 1.82) is 0 Å². The molecule has 0 unspecified atom stereocenters. The number of nitrogens with zero attached hydrogens (tertiary/aromatic N) is 1. The lowest BCUT2D eigenvalue weighted by Gasteiger charge is -2.30. The zero-order valence-electron chi connectivity index (χ0n) is 23.5. The van der Waals surface area contributed by atoms with Crippen molar-refractivity contribution in [3.8, 4) is 11.5 Å². The van der Waals surface area contributed by atoms with E-state index in [0.717, 1.165) is 23.4 Å². The maximum absolute atomic E-state index is 13.3. The van der Waals surface area contributed by atoms with E-state index in [1.165, 1.54) is 12.5 Å². The van der Waals surface area contributed by atoms with E-state index in [0.29, 0.717) is 34.1 Å². The highest BCUT2D eigenvalue weighted by molar-refractivity contribution is 6.07. The van der Waals surface area contributed by atoms with Crippen LogP contribution in [0.5, 0.6) is 11.5 Å². The van der Waals surface area contributed by atoms with Gasteiger partial charge in [-0.05, 0) is 77.8 Å². The quantitative estimate of drug-likeness (QED) is 0.124. The Hall–Kier alpha value is -3.84. The molecule has 0 bridgehead atoms. The molecular formula is C31H40N4O3. The van der Waals surface area contributed by atoms with Crippen molar-refractivity contribution in [1.82, 2.24) is 0 Å². The summed E-state index contributed by atoms with van der Waals surface area (Å²) in [6, 6.07) is 18.1. The third kappa shape index (κ3) is 6.34. The second-order valence-electron chi connectivity index (χ2n) is 10.9. The van der Waals surface area contributed by atoms with Crippen LogP contribution in [0.1, 0.15) is 82.8 Å². The Labute approximate surface area is 226 Å². The van der Waals surface area contributed by atoms with Gasteiger partial charge in [-0.25, -0.2) is 10.9 Å². The summed E-state index contributed by atoms with van der Waals surface area (Å²) in [5, 5.41) is 3.92. The van der Waals surface area contributed by atoms with Gasteiger partial charge in [0.2, 0.25) is 5.91 Å². The normalized spacial score (nSPS) is 11.7. The Balaban J connectivity index is 1.96. The third-order valence-electron chi connectivity index (χ3n) is 7.47. The van der Waals surface area contributed by atoms with E-state index in [-0.39, 0.29) is 22.6 Å². The average Bonchev–Trinajstić information content (AvgIpc) is 2.89. The monoisotopic (exact) mass is 516 g/mol. The first kappa shape index (κ1) is 28.7. The minimum absolute atomic E-state index is 0.0320. The fraction of sp³-hybridized carbons (Fsp3) is 0.355. The van der Waals surface area contributed by atoms with Gasteiger partial charge < -0.3 is 15.8 Å². The molecule has 0 saturated heterocycles. The van der Waals surface area contributed by atoms with Gasteiger partial charge in [0.15, 0.2) is 0 Å². The average molecular weight is 517 g/mol. The molecule has 0 spiro atoms. The summed E-state index contributed by atoms with van der Waals surface area (Å²) >= 11 is 0. The van der Waals surface area contributed by atoms with Crippen molar-refractivity contribution in [3.05, 3.63) is 77.4 Å². The van der Waals surface area contributed by atoms with Crippen LogP contribution in [0.2, 0.25) is 0 Å². The minimum atomic E-state index is -0.365. The van der Waals surface area contributed by atoms with Crippen molar-refractivity contribution in [2.24, 2.45) is 5.84 Å². The third-order valence-corrected chi connectivity index (χ3v) is 7.47. The van der Waals surface area contributed by atoms with Crippen LogP contribution >= 0.6 is 0 Å². The van der Waals surface area contributed by atoms with Crippen LogP contribution in [0.3, 0.4) is 0 Å². The second-order valence-corrected chi connectivity index (χ2v) is 10.9. The summed E-state index contributed by atoms with van der Waals surface area (Å²) < 4.78 is 6.44. The highest BCUT2D eigenvalue weighted by atomic mass is 16.5. The lowest BCUT2D eigenvalue weighted by molar-refractivity contribution is -0.116. The Morgan fingerprint density at radius 1 is 0.868 bits per heavy atom. The molecule has 7 heteroatoms. The zero-order valence-corrected chi connectivity index (χ0v) is 23.5. The van der Waals surface area contributed by atoms with Gasteiger partial charge in [-0.1, -0.05) is 53.7 Å². The molecule has 0 fully saturated rings. The predicted octanol–water partition coefficient (Wildman–Crippen LogP) is 6.92. The summed E-state index contributed by atoms with van der Waals surface area (Å²) in [6.45, 7) is 14.6. The number of hydrogen-bond acceptors (Lipinski definition) is 5. The van der Waals surface area contributed by atoms with Crippen LogP contribution in [0.15, 0.2) is 60.7 Å². The second kappa shape index (κ2) is 11.3. The fourth-order valence-electron chi connectivity index (χ4n) is 3.98. The van der Waals surface area contributed by atoms with Crippen molar-refractivity contribution in [3.63, 3.8) is 0 Å². The van der Waals surface area contributed by atoms with Gasteiger partial charge >= 0.3 is 0 Å². The maximum atomic E-state index is 13.3. The predicted molar refractivity (Wildman–Crippen MR) is 156 cm³/mol. The van der Waals surface area contributed by atoms with E-state index in [1.54, 1.807) is 42.5 Å². The highest BCUT2D eigenvalue weighted by Gasteiger charge is 2.27. The van der Waals surface area contributed by atoms with E-state index >= 15 is 0 Å². The number of nitrogens with one attached hydrogen (secondary N) is 1. The largest absolute Gasteiger partial charge is 0.456 e. The number of benzene rings is 3. The Morgan fingerprint density at radius 2 is 1.47 bits per heavy atom. The van der Waals surface area contributed by atoms with Gasteiger partial charge in [0.05, 0.1) is 11.3 Å². The van der Waals surface area contributed by atoms with Crippen molar-refractivity contribution < 1.29 is 14.3 Å². The van der Waals surface area contributed by atoms with E-state index in [9.17, 15) is 9.59 Å². The standard InChI is InChI=1S/C31H40N4O3/c1-8-30(4,5)21-10-16-28(26(18-21)31(6,7)9-2)38-27-17-11-22(32)19-25(27)29(37)34-23-12-14-24(15-13-23)35(33)20(3)36/h10-19H,8-9,32-33H2,1-7H3,(H,34,37). The molecule has 202 valence electrons. The summed E-state index contributed by atoms with van der Waals surface area (Å²) in [4.78, 5) is 24.8. The summed E-state index contributed by atoms with van der Waals surface area (Å²) in [5.74, 6) is 6.22. The first-order chi connectivity index (χ1) is 17.8. The Bertz CT molecular complexity index is 1310. The number of hydrogen-bond donors (Lipinski definition) is 3. The first-order valence-electron chi connectivity index (χ1n) is 13.0. The molecule has 0 aliphatic rings. The molecule has 0 saturated carbocycles. The lowest BCUT2D eigenvalue weighted by Crippen LogP contribution is -2.35. The molecule has 0 heterocycles. The molecule has 38 heavy (non-hydrogen) atoms. The molecule has 3 aromatic carbocycles. The summed E-state index contributed by atoms with van der Waals surface area (Å²) in [5.41, 5.74) is 10.1. The molecule has 0 aromatic heterocycles. The highest BCUT2D eigenvalue weighted by Crippen LogP contribution is 2.41. The van der Waals surface area contributed by atoms with E-state index < -0.39 is 0 Å². The lowest BCUT2D eigenvalue weighted by atomic mass is 9.76. The Morgan fingerprint density at radius 3 is 2.05 bits per heavy atom.